The van der Waals surface area contributed by atoms with E-state index >= 15 is 0 Å². The van der Waals surface area contributed by atoms with Gasteiger partial charge in [0.1, 0.15) is 5.75 Å². The predicted molar refractivity (Wildman–Crippen MR) is 74.7 cm³/mol. The molecule has 6 nitrogen and oxygen atoms in total. The summed E-state index contributed by atoms with van der Waals surface area (Å²) in [6.07, 6.45) is 2.15. The van der Waals surface area contributed by atoms with E-state index in [4.69, 9.17) is 9.31 Å². The van der Waals surface area contributed by atoms with Gasteiger partial charge in [-0.15, -0.1) is 0 Å². The normalized spacial score (nSPS) is 21.1. The maximum absolute atomic E-state index is 11.8. The van der Waals surface area contributed by atoms with Gasteiger partial charge in [-0.2, -0.15) is 0 Å². The highest BCUT2D eigenvalue weighted by atomic mass is 32.2. The Morgan fingerprint density at radius 3 is 2.15 bits per heavy atom. The molecule has 0 aliphatic carbocycles. The SMILES string of the molecule is CC1(C)OB(c2cc(O)cnc2S(C)(=O)=O)OC1(C)C. The minimum Gasteiger partial charge on any atom is -0.506 e. The third kappa shape index (κ3) is 2.55. The van der Waals surface area contributed by atoms with Gasteiger partial charge in [0.05, 0.1) is 17.4 Å². The van der Waals surface area contributed by atoms with Gasteiger partial charge in [0.2, 0.25) is 0 Å². The van der Waals surface area contributed by atoms with Gasteiger partial charge < -0.3 is 14.4 Å². The van der Waals surface area contributed by atoms with Crippen molar-refractivity contribution in [3.63, 3.8) is 0 Å². The second-order valence-corrected chi connectivity index (χ2v) is 7.88. The van der Waals surface area contributed by atoms with Gasteiger partial charge in [0.25, 0.3) is 0 Å². The molecule has 0 aromatic carbocycles. The summed E-state index contributed by atoms with van der Waals surface area (Å²) in [6, 6.07) is 1.31. The zero-order valence-electron chi connectivity index (χ0n) is 12.2. The van der Waals surface area contributed by atoms with Crippen LogP contribution in [-0.2, 0) is 19.1 Å². The molecule has 1 saturated heterocycles. The highest BCUT2D eigenvalue weighted by Gasteiger charge is 2.53. The van der Waals surface area contributed by atoms with Crippen LogP contribution in [0.25, 0.3) is 0 Å². The number of aromatic hydroxyl groups is 1. The fraction of sp³-hybridized carbons (Fsp3) is 0.583. The van der Waals surface area contributed by atoms with E-state index < -0.39 is 28.2 Å². The molecule has 1 aliphatic heterocycles. The Morgan fingerprint density at radius 2 is 1.70 bits per heavy atom. The first-order chi connectivity index (χ1) is 8.94. The fourth-order valence-corrected chi connectivity index (χ4v) is 2.73. The Kier molecular flexibility index (Phi) is 3.39. The molecular formula is C12H18BNO5S. The Bertz CT molecular complexity index is 625. The van der Waals surface area contributed by atoms with Gasteiger partial charge in [-0.25, -0.2) is 13.4 Å². The van der Waals surface area contributed by atoms with Gasteiger partial charge >= 0.3 is 7.12 Å². The molecule has 20 heavy (non-hydrogen) atoms. The van der Waals surface area contributed by atoms with Gasteiger partial charge in [-0.1, -0.05) is 0 Å². The lowest BCUT2D eigenvalue weighted by Gasteiger charge is -2.32. The van der Waals surface area contributed by atoms with E-state index in [1.165, 1.54) is 6.07 Å². The average Bonchev–Trinajstić information content (AvgIpc) is 2.46. The molecule has 0 unspecified atom stereocenters. The van der Waals surface area contributed by atoms with Crippen LogP contribution in [0.4, 0.5) is 0 Å². The summed E-state index contributed by atoms with van der Waals surface area (Å²) in [5, 5.41) is 9.41. The first-order valence-corrected chi connectivity index (χ1v) is 8.08. The lowest BCUT2D eigenvalue weighted by atomic mass is 9.80. The summed E-state index contributed by atoms with van der Waals surface area (Å²) in [4.78, 5) is 3.79. The molecule has 0 amide bonds. The number of pyridine rings is 1. The van der Waals surface area contributed by atoms with Crippen LogP contribution in [0.1, 0.15) is 27.7 Å². The Hall–Kier alpha value is -1.12. The van der Waals surface area contributed by atoms with Crippen molar-refractivity contribution in [2.24, 2.45) is 0 Å². The average molecular weight is 299 g/mol. The molecule has 1 aromatic heterocycles. The molecule has 0 bridgehead atoms. The second-order valence-electron chi connectivity index (χ2n) is 5.95. The van der Waals surface area contributed by atoms with E-state index in [-0.39, 0.29) is 16.2 Å². The molecule has 0 saturated carbocycles. The van der Waals surface area contributed by atoms with E-state index in [2.05, 4.69) is 4.98 Å². The van der Waals surface area contributed by atoms with E-state index in [1.54, 1.807) is 0 Å². The summed E-state index contributed by atoms with van der Waals surface area (Å²) >= 11 is 0. The molecule has 0 radical (unpaired) electrons. The first kappa shape index (κ1) is 15.3. The van der Waals surface area contributed by atoms with Gasteiger partial charge in [-0.05, 0) is 33.8 Å². The Labute approximate surface area is 119 Å². The number of hydrogen-bond acceptors (Lipinski definition) is 6. The van der Waals surface area contributed by atoms with Crippen LogP contribution in [0.15, 0.2) is 17.3 Å². The highest BCUT2D eigenvalue weighted by molar-refractivity contribution is 7.90. The van der Waals surface area contributed by atoms with Crippen LogP contribution in [0, 0.1) is 0 Å². The number of aromatic nitrogens is 1. The van der Waals surface area contributed by atoms with Gasteiger partial charge in [0.15, 0.2) is 14.9 Å². The van der Waals surface area contributed by atoms with E-state index in [1.807, 2.05) is 27.7 Å². The summed E-state index contributed by atoms with van der Waals surface area (Å²) in [5.41, 5.74) is -0.985. The summed E-state index contributed by atoms with van der Waals surface area (Å²) in [6.45, 7) is 7.46. The van der Waals surface area contributed by atoms with Crippen LogP contribution >= 0.6 is 0 Å². The molecule has 1 fully saturated rings. The fourth-order valence-electron chi connectivity index (χ4n) is 1.91. The largest absolute Gasteiger partial charge is 0.506 e. The molecule has 2 rings (SSSR count). The van der Waals surface area contributed by atoms with Crippen LogP contribution in [0.3, 0.4) is 0 Å². The van der Waals surface area contributed by atoms with Gasteiger partial charge in [0, 0.05) is 11.7 Å². The van der Waals surface area contributed by atoms with Crippen molar-refractivity contribution in [1.82, 2.24) is 4.98 Å². The molecule has 0 atom stereocenters. The molecule has 0 spiro atoms. The minimum absolute atomic E-state index is 0.137. The third-order valence-corrected chi connectivity index (χ3v) is 4.77. The predicted octanol–water partition coefficient (Wildman–Crippen LogP) is 0.490. The molecule has 2 heterocycles. The van der Waals surface area contributed by atoms with E-state index in [9.17, 15) is 13.5 Å². The molecule has 1 N–H and O–H groups in total. The molecule has 1 aromatic rings. The van der Waals surface area contributed by atoms with Crippen molar-refractivity contribution in [2.75, 3.05) is 6.26 Å². The van der Waals surface area contributed by atoms with Crippen LogP contribution in [0.5, 0.6) is 5.75 Å². The molecular weight excluding hydrogens is 281 g/mol. The molecule has 1 aliphatic rings. The molecule has 110 valence electrons. The van der Waals surface area contributed by atoms with Gasteiger partial charge in [-0.3, -0.25) is 0 Å². The van der Waals surface area contributed by atoms with Crippen molar-refractivity contribution >= 4 is 22.4 Å². The van der Waals surface area contributed by atoms with Crippen LogP contribution in [-0.4, -0.2) is 43.1 Å². The lowest BCUT2D eigenvalue weighted by Crippen LogP contribution is -2.41. The minimum atomic E-state index is -3.54. The maximum atomic E-state index is 11.8. The van der Waals surface area contributed by atoms with Crippen LogP contribution in [0.2, 0.25) is 0 Å². The van der Waals surface area contributed by atoms with Crippen molar-refractivity contribution in [3.05, 3.63) is 12.3 Å². The Balaban J connectivity index is 2.53. The summed E-state index contributed by atoms with van der Waals surface area (Å²) < 4.78 is 35.2. The highest BCUT2D eigenvalue weighted by Crippen LogP contribution is 2.37. The standard InChI is InChI=1S/C12H18BNO5S/c1-11(2)12(3,4)19-13(18-11)9-6-8(15)7-14-10(9)20(5,16)17/h6-7,15H,1-5H3. The zero-order valence-corrected chi connectivity index (χ0v) is 13.0. The lowest BCUT2D eigenvalue weighted by molar-refractivity contribution is 0.00578. The molecule has 8 heteroatoms. The topological polar surface area (TPSA) is 85.7 Å². The van der Waals surface area contributed by atoms with E-state index in [0.717, 1.165) is 12.5 Å². The van der Waals surface area contributed by atoms with Crippen molar-refractivity contribution in [2.45, 2.75) is 43.9 Å². The zero-order chi connectivity index (χ0) is 15.3. The van der Waals surface area contributed by atoms with Crippen LogP contribution < -0.4 is 5.46 Å². The number of nitrogens with zero attached hydrogens (tertiary/aromatic N) is 1. The smallest absolute Gasteiger partial charge is 0.497 e. The number of rotatable bonds is 2. The number of sulfone groups is 1. The maximum Gasteiger partial charge on any atom is 0.497 e. The second kappa shape index (κ2) is 4.44. The van der Waals surface area contributed by atoms with Crippen molar-refractivity contribution in [3.8, 4) is 5.75 Å². The Morgan fingerprint density at radius 1 is 1.20 bits per heavy atom. The monoisotopic (exact) mass is 299 g/mol. The van der Waals surface area contributed by atoms with Crippen molar-refractivity contribution < 1.29 is 22.8 Å². The summed E-state index contributed by atoms with van der Waals surface area (Å²) in [5.74, 6) is -0.137. The number of hydrogen-bond donors (Lipinski definition) is 1. The van der Waals surface area contributed by atoms with E-state index in [0.29, 0.717) is 0 Å². The van der Waals surface area contributed by atoms with Crippen molar-refractivity contribution in [1.29, 1.82) is 0 Å². The summed E-state index contributed by atoms with van der Waals surface area (Å²) in [7, 11) is -4.43. The first-order valence-electron chi connectivity index (χ1n) is 6.19. The third-order valence-electron chi connectivity index (χ3n) is 3.72. The quantitative estimate of drug-likeness (QED) is 0.800.